The summed E-state index contributed by atoms with van der Waals surface area (Å²) in [5, 5.41) is 0. The normalized spacial score (nSPS) is 16.7. The van der Waals surface area contributed by atoms with Gasteiger partial charge in [0.1, 0.15) is 0 Å². The van der Waals surface area contributed by atoms with Crippen molar-refractivity contribution in [2.45, 2.75) is 45.4 Å². The van der Waals surface area contributed by atoms with Gasteiger partial charge in [0.15, 0.2) is 0 Å². The van der Waals surface area contributed by atoms with Crippen LogP contribution in [-0.4, -0.2) is 40.7 Å². The van der Waals surface area contributed by atoms with E-state index in [0.717, 1.165) is 38.6 Å². The molecule has 0 aromatic rings. The topological polar surface area (TPSA) is 66.9 Å². The molecule has 24 heavy (non-hydrogen) atoms. The van der Waals surface area contributed by atoms with Crippen molar-refractivity contribution in [1.29, 1.82) is 0 Å². The molecule has 0 unspecified atom stereocenters. The summed E-state index contributed by atoms with van der Waals surface area (Å²) in [5.41, 5.74) is 0. The third kappa shape index (κ3) is 9.61. The van der Waals surface area contributed by atoms with Gasteiger partial charge < -0.3 is 14.5 Å². The Balaban J connectivity index is 0.000000343. The lowest BCUT2D eigenvalue weighted by Gasteiger charge is -2.13. The monoisotopic (exact) mass is 336 g/mol. The van der Waals surface area contributed by atoms with Gasteiger partial charge in [0.25, 0.3) is 0 Å². The zero-order chi connectivity index (χ0) is 18.4. The molecule has 2 aliphatic heterocycles. The zero-order valence-electron chi connectivity index (χ0n) is 14.5. The number of hydrogen-bond acceptors (Lipinski definition) is 4. The van der Waals surface area contributed by atoms with Gasteiger partial charge in [-0.3, -0.25) is 14.4 Å². The molecule has 0 aromatic carbocycles. The molecule has 134 valence electrons. The largest absolute Gasteiger partial charge is 0.435 e. The van der Waals surface area contributed by atoms with Crippen LogP contribution in [-0.2, 0) is 19.1 Å². The lowest BCUT2D eigenvalue weighted by molar-refractivity contribution is -0.135. The third-order valence-corrected chi connectivity index (χ3v) is 3.41. The number of esters is 1. The number of likely N-dealkylation sites (tertiary alicyclic amines) is 2. The molecule has 0 spiro atoms. The van der Waals surface area contributed by atoms with Crippen molar-refractivity contribution >= 4 is 17.8 Å². The molecule has 6 heteroatoms. The van der Waals surface area contributed by atoms with Crippen molar-refractivity contribution in [1.82, 2.24) is 9.80 Å². The molecule has 2 aliphatic rings. The van der Waals surface area contributed by atoms with E-state index < -0.39 is 0 Å². The van der Waals surface area contributed by atoms with Gasteiger partial charge in [0.2, 0.25) is 11.8 Å². The fourth-order valence-electron chi connectivity index (χ4n) is 2.18. The maximum Gasteiger partial charge on any atom is 0.307 e. The first kappa shape index (κ1) is 21.6. The van der Waals surface area contributed by atoms with Gasteiger partial charge in [-0.15, -0.1) is 0 Å². The molecule has 2 fully saturated rings. The second kappa shape index (κ2) is 13.1. The summed E-state index contributed by atoms with van der Waals surface area (Å²) in [5.74, 6) is 0.109. The number of rotatable bonds is 3. The van der Waals surface area contributed by atoms with Crippen molar-refractivity contribution in [2.24, 2.45) is 0 Å². The number of carbonyl (C=O) groups excluding carboxylic acids is 3. The van der Waals surface area contributed by atoms with E-state index in [-0.39, 0.29) is 17.8 Å². The summed E-state index contributed by atoms with van der Waals surface area (Å²) in [7, 11) is 0. The highest BCUT2D eigenvalue weighted by molar-refractivity contribution is 5.79. The van der Waals surface area contributed by atoms with Crippen LogP contribution in [0.25, 0.3) is 0 Å². The molecule has 2 heterocycles. The Morgan fingerprint density at radius 2 is 1.42 bits per heavy atom. The summed E-state index contributed by atoms with van der Waals surface area (Å²) < 4.78 is 4.17. The zero-order valence-corrected chi connectivity index (χ0v) is 14.5. The first-order chi connectivity index (χ1) is 11.5. The van der Waals surface area contributed by atoms with E-state index in [0.29, 0.717) is 12.8 Å². The van der Waals surface area contributed by atoms with Crippen LogP contribution < -0.4 is 0 Å². The smallest absolute Gasteiger partial charge is 0.307 e. The fraction of sp³-hybridized carbons (Fsp3) is 0.500. The van der Waals surface area contributed by atoms with Gasteiger partial charge in [-0.25, -0.2) is 0 Å². The molecule has 0 atom stereocenters. The predicted octanol–water partition coefficient (Wildman–Crippen LogP) is 2.98. The number of ether oxygens (including phenoxy) is 1. The van der Waals surface area contributed by atoms with Crippen molar-refractivity contribution < 1.29 is 19.1 Å². The van der Waals surface area contributed by atoms with Crippen molar-refractivity contribution in [3.63, 3.8) is 0 Å². The molecular formula is C18H28N2O4. The summed E-state index contributed by atoms with van der Waals surface area (Å²) in [6, 6.07) is 0. The standard InChI is InChI=1S/C8H13NO.C6H9NO.C4H6O2/c1-2-9-7-5-3-4-6-8(9)10;1-2-7-5-3-4-6(7)8;1-3-6-4(2)5/h2H,1,3-7H2;2H,1,3-5H2;3H,1H2,2H3. The minimum absolute atomic E-state index is 0.208. The van der Waals surface area contributed by atoms with E-state index in [2.05, 4.69) is 24.5 Å². The van der Waals surface area contributed by atoms with Crippen LogP contribution in [0.2, 0.25) is 0 Å². The second-order valence-electron chi connectivity index (χ2n) is 5.23. The van der Waals surface area contributed by atoms with Gasteiger partial charge in [-0.1, -0.05) is 26.2 Å². The first-order valence-electron chi connectivity index (χ1n) is 8.08. The Kier molecular flexibility index (Phi) is 11.8. The Labute approximate surface area is 144 Å². The van der Waals surface area contributed by atoms with Gasteiger partial charge in [0, 0.05) is 32.9 Å². The summed E-state index contributed by atoms with van der Waals surface area (Å²) in [6.45, 7) is 13.3. The van der Waals surface area contributed by atoms with Crippen LogP contribution in [0.3, 0.4) is 0 Å². The van der Waals surface area contributed by atoms with E-state index in [1.54, 1.807) is 22.2 Å². The lowest BCUT2D eigenvalue weighted by atomic mass is 10.2. The van der Waals surface area contributed by atoms with Gasteiger partial charge in [-0.05, 0) is 31.7 Å². The fourth-order valence-corrected chi connectivity index (χ4v) is 2.18. The highest BCUT2D eigenvalue weighted by Gasteiger charge is 2.16. The van der Waals surface area contributed by atoms with E-state index in [9.17, 15) is 14.4 Å². The van der Waals surface area contributed by atoms with Crippen LogP contribution >= 0.6 is 0 Å². The minimum Gasteiger partial charge on any atom is -0.435 e. The average Bonchev–Trinajstić information content (AvgIpc) is 2.85. The number of amides is 2. The van der Waals surface area contributed by atoms with Gasteiger partial charge in [-0.2, -0.15) is 0 Å². The molecular weight excluding hydrogens is 308 g/mol. The van der Waals surface area contributed by atoms with E-state index in [1.165, 1.54) is 13.3 Å². The van der Waals surface area contributed by atoms with Gasteiger partial charge >= 0.3 is 5.97 Å². The van der Waals surface area contributed by atoms with Crippen LogP contribution in [0.5, 0.6) is 0 Å². The Bertz CT molecular complexity index is 460. The minimum atomic E-state index is -0.329. The van der Waals surface area contributed by atoms with Crippen molar-refractivity contribution in [3.8, 4) is 0 Å². The molecule has 0 bridgehead atoms. The predicted molar refractivity (Wildman–Crippen MR) is 93.5 cm³/mol. The molecule has 2 rings (SSSR count). The quantitative estimate of drug-likeness (QED) is 0.587. The molecule has 0 radical (unpaired) electrons. The SMILES string of the molecule is C=CN1CCCC1=O.C=CN1CCCCCC1=O.C=COC(C)=O. The lowest BCUT2D eigenvalue weighted by Crippen LogP contribution is -2.23. The van der Waals surface area contributed by atoms with Crippen LogP contribution in [0.1, 0.15) is 45.4 Å². The van der Waals surface area contributed by atoms with E-state index in [1.807, 2.05) is 0 Å². The highest BCUT2D eigenvalue weighted by atomic mass is 16.5. The number of carbonyl (C=O) groups is 3. The van der Waals surface area contributed by atoms with Crippen molar-refractivity contribution in [2.75, 3.05) is 13.1 Å². The molecule has 2 saturated heterocycles. The molecule has 0 aromatic heterocycles. The summed E-state index contributed by atoms with van der Waals surface area (Å²) >= 11 is 0. The number of hydrogen-bond donors (Lipinski definition) is 0. The Hall–Kier alpha value is -2.37. The van der Waals surface area contributed by atoms with Crippen LogP contribution in [0.4, 0.5) is 0 Å². The maximum atomic E-state index is 11.1. The van der Waals surface area contributed by atoms with E-state index in [4.69, 9.17) is 0 Å². The van der Waals surface area contributed by atoms with Crippen LogP contribution in [0.15, 0.2) is 38.4 Å². The Morgan fingerprint density at radius 1 is 0.917 bits per heavy atom. The highest BCUT2D eigenvalue weighted by Crippen LogP contribution is 2.10. The average molecular weight is 336 g/mol. The number of nitrogens with zero attached hydrogens (tertiary/aromatic N) is 2. The third-order valence-electron chi connectivity index (χ3n) is 3.41. The first-order valence-corrected chi connectivity index (χ1v) is 8.08. The molecule has 6 nitrogen and oxygen atoms in total. The van der Waals surface area contributed by atoms with E-state index >= 15 is 0 Å². The summed E-state index contributed by atoms with van der Waals surface area (Å²) in [6.07, 6.45) is 10.1. The summed E-state index contributed by atoms with van der Waals surface area (Å²) in [4.78, 5) is 34.9. The van der Waals surface area contributed by atoms with Gasteiger partial charge in [0.05, 0.1) is 6.26 Å². The second-order valence-corrected chi connectivity index (χ2v) is 5.23. The molecule has 2 amide bonds. The molecule has 0 aliphatic carbocycles. The molecule has 0 saturated carbocycles. The molecule has 0 N–H and O–H groups in total. The maximum absolute atomic E-state index is 11.1. The Morgan fingerprint density at radius 3 is 1.75 bits per heavy atom. The van der Waals surface area contributed by atoms with Crippen LogP contribution in [0, 0.1) is 0 Å². The van der Waals surface area contributed by atoms with Crippen molar-refractivity contribution in [3.05, 3.63) is 38.4 Å².